The highest BCUT2D eigenvalue weighted by Gasteiger charge is 2.31. The lowest BCUT2D eigenvalue weighted by atomic mass is 9.88. The van der Waals surface area contributed by atoms with Crippen LogP contribution < -0.4 is 10.1 Å². The normalized spacial score (nSPS) is 17.2. The van der Waals surface area contributed by atoms with Crippen LogP contribution in [0.3, 0.4) is 0 Å². The van der Waals surface area contributed by atoms with Gasteiger partial charge in [-0.15, -0.1) is 0 Å². The summed E-state index contributed by atoms with van der Waals surface area (Å²) in [5, 5.41) is 12.7. The Kier molecular flexibility index (Phi) is 5.39. The number of hydrogen-bond acceptors (Lipinski definition) is 4. The number of thioether (sulfide) groups is 1. The van der Waals surface area contributed by atoms with Crippen LogP contribution in [0.25, 0.3) is 0 Å². The Labute approximate surface area is 130 Å². The van der Waals surface area contributed by atoms with Gasteiger partial charge in [0.15, 0.2) is 0 Å². The zero-order valence-corrected chi connectivity index (χ0v) is 13.5. The molecule has 2 rings (SSSR count). The van der Waals surface area contributed by atoms with E-state index in [4.69, 9.17) is 4.74 Å². The fraction of sp³-hybridized carbons (Fsp3) is 0.562. The molecule has 0 amide bonds. The molecule has 0 saturated heterocycles. The SMILES string of the molecule is COc1ccc(C(=O)O)c(NCC2(SC)CCCCC2)c1. The van der Waals surface area contributed by atoms with Crippen LogP contribution in [0, 0.1) is 0 Å². The Balaban J connectivity index is 2.15. The average Bonchev–Trinajstić information content (AvgIpc) is 2.53. The minimum atomic E-state index is -0.915. The summed E-state index contributed by atoms with van der Waals surface area (Å²) in [6.07, 6.45) is 8.35. The highest BCUT2D eigenvalue weighted by Crippen LogP contribution is 2.39. The van der Waals surface area contributed by atoms with Crippen molar-refractivity contribution in [3.05, 3.63) is 23.8 Å². The van der Waals surface area contributed by atoms with E-state index in [0.29, 0.717) is 17.0 Å². The van der Waals surface area contributed by atoms with E-state index in [-0.39, 0.29) is 4.75 Å². The largest absolute Gasteiger partial charge is 0.497 e. The molecule has 1 aromatic rings. The molecule has 1 aliphatic rings. The Morgan fingerprint density at radius 2 is 2.10 bits per heavy atom. The monoisotopic (exact) mass is 309 g/mol. The van der Waals surface area contributed by atoms with Crippen LogP contribution in [0.15, 0.2) is 18.2 Å². The van der Waals surface area contributed by atoms with Crippen molar-refractivity contribution in [2.24, 2.45) is 0 Å². The number of aromatic carboxylic acids is 1. The summed E-state index contributed by atoms with van der Waals surface area (Å²) < 4.78 is 5.41. The van der Waals surface area contributed by atoms with E-state index in [9.17, 15) is 9.90 Å². The molecule has 0 heterocycles. The number of nitrogens with one attached hydrogen (secondary N) is 1. The lowest BCUT2D eigenvalue weighted by molar-refractivity contribution is 0.0698. The Morgan fingerprint density at radius 1 is 1.38 bits per heavy atom. The van der Waals surface area contributed by atoms with Crippen LogP contribution >= 0.6 is 11.8 Å². The van der Waals surface area contributed by atoms with Gasteiger partial charge in [0.2, 0.25) is 0 Å². The quantitative estimate of drug-likeness (QED) is 0.835. The van der Waals surface area contributed by atoms with Gasteiger partial charge in [0, 0.05) is 17.4 Å². The van der Waals surface area contributed by atoms with Crippen molar-refractivity contribution < 1.29 is 14.6 Å². The molecule has 2 N–H and O–H groups in total. The van der Waals surface area contributed by atoms with Gasteiger partial charge in [0.25, 0.3) is 0 Å². The van der Waals surface area contributed by atoms with Crippen LogP contribution in [-0.4, -0.2) is 35.7 Å². The van der Waals surface area contributed by atoms with E-state index in [0.717, 1.165) is 6.54 Å². The van der Waals surface area contributed by atoms with Crippen LogP contribution in [0.4, 0.5) is 5.69 Å². The van der Waals surface area contributed by atoms with Gasteiger partial charge in [-0.3, -0.25) is 0 Å². The second-order valence-electron chi connectivity index (χ2n) is 5.52. The van der Waals surface area contributed by atoms with Crippen molar-refractivity contribution in [1.29, 1.82) is 0 Å². The maximum Gasteiger partial charge on any atom is 0.337 e. The maximum atomic E-state index is 11.3. The Hall–Kier alpha value is -1.36. The predicted octanol–water partition coefficient (Wildman–Crippen LogP) is 3.87. The van der Waals surface area contributed by atoms with Gasteiger partial charge >= 0.3 is 5.97 Å². The average molecular weight is 309 g/mol. The first-order valence-electron chi connectivity index (χ1n) is 7.30. The highest BCUT2D eigenvalue weighted by atomic mass is 32.2. The predicted molar refractivity (Wildman–Crippen MR) is 87.8 cm³/mol. The van der Waals surface area contributed by atoms with Gasteiger partial charge in [-0.25, -0.2) is 4.79 Å². The smallest absolute Gasteiger partial charge is 0.337 e. The van der Waals surface area contributed by atoms with Crippen molar-refractivity contribution in [2.75, 3.05) is 25.2 Å². The molecule has 1 saturated carbocycles. The number of ether oxygens (including phenoxy) is 1. The molecule has 0 bridgehead atoms. The van der Waals surface area contributed by atoms with Crippen molar-refractivity contribution in [1.82, 2.24) is 0 Å². The molecule has 21 heavy (non-hydrogen) atoms. The van der Waals surface area contributed by atoms with E-state index in [1.54, 1.807) is 25.3 Å². The van der Waals surface area contributed by atoms with Gasteiger partial charge in [0.05, 0.1) is 18.4 Å². The van der Waals surface area contributed by atoms with Crippen molar-refractivity contribution in [2.45, 2.75) is 36.9 Å². The van der Waals surface area contributed by atoms with Crippen LogP contribution in [0.5, 0.6) is 5.75 Å². The van der Waals surface area contributed by atoms with Crippen molar-refractivity contribution in [3.8, 4) is 5.75 Å². The lowest BCUT2D eigenvalue weighted by Crippen LogP contribution is -2.35. The molecule has 0 aromatic heterocycles. The van der Waals surface area contributed by atoms with Gasteiger partial charge in [-0.05, 0) is 31.2 Å². The summed E-state index contributed by atoms with van der Waals surface area (Å²) in [7, 11) is 1.59. The number of methoxy groups -OCH3 is 1. The summed E-state index contributed by atoms with van der Waals surface area (Å²) in [5.74, 6) is -0.244. The molecule has 4 nitrogen and oxygen atoms in total. The first kappa shape index (κ1) is 16.0. The molecule has 1 aliphatic carbocycles. The van der Waals surface area contributed by atoms with Crippen molar-refractivity contribution >= 4 is 23.4 Å². The van der Waals surface area contributed by atoms with E-state index in [1.165, 1.54) is 32.1 Å². The molecule has 1 fully saturated rings. The molecule has 0 radical (unpaired) electrons. The summed E-state index contributed by atoms with van der Waals surface area (Å²) in [4.78, 5) is 11.3. The minimum absolute atomic E-state index is 0.219. The number of carboxylic acids is 1. The van der Waals surface area contributed by atoms with Crippen molar-refractivity contribution in [3.63, 3.8) is 0 Å². The van der Waals surface area contributed by atoms with Crippen LogP contribution in [-0.2, 0) is 0 Å². The number of carbonyl (C=O) groups is 1. The van der Waals surface area contributed by atoms with E-state index in [1.807, 2.05) is 11.8 Å². The van der Waals surface area contributed by atoms with E-state index >= 15 is 0 Å². The zero-order valence-electron chi connectivity index (χ0n) is 12.6. The van der Waals surface area contributed by atoms with Gasteiger partial charge in [-0.2, -0.15) is 11.8 Å². The number of carboxylic acid groups (broad SMARTS) is 1. The van der Waals surface area contributed by atoms with E-state index in [2.05, 4.69) is 11.6 Å². The third kappa shape index (κ3) is 3.84. The molecule has 0 spiro atoms. The third-order valence-electron chi connectivity index (χ3n) is 4.26. The Bertz CT molecular complexity index is 498. The first-order valence-corrected chi connectivity index (χ1v) is 8.53. The topological polar surface area (TPSA) is 58.6 Å². The lowest BCUT2D eigenvalue weighted by Gasteiger charge is -2.36. The first-order chi connectivity index (χ1) is 10.1. The summed E-state index contributed by atoms with van der Waals surface area (Å²) in [5.41, 5.74) is 0.934. The second kappa shape index (κ2) is 7.07. The summed E-state index contributed by atoms with van der Waals surface area (Å²) in [6, 6.07) is 5.04. The number of anilines is 1. The van der Waals surface area contributed by atoms with Gasteiger partial charge in [-0.1, -0.05) is 19.3 Å². The zero-order chi connectivity index (χ0) is 15.3. The fourth-order valence-corrected chi connectivity index (χ4v) is 3.80. The molecule has 0 aliphatic heterocycles. The fourth-order valence-electron chi connectivity index (χ4n) is 2.89. The highest BCUT2D eigenvalue weighted by molar-refractivity contribution is 8.00. The molecule has 1 aromatic carbocycles. The molecule has 0 atom stereocenters. The Morgan fingerprint density at radius 3 is 2.67 bits per heavy atom. The van der Waals surface area contributed by atoms with Crippen LogP contribution in [0.1, 0.15) is 42.5 Å². The van der Waals surface area contributed by atoms with Gasteiger partial charge < -0.3 is 15.2 Å². The number of rotatable bonds is 6. The molecule has 5 heteroatoms. The summed E-state index contributed by atoms with van der Waals surface area (Å²) >= 11 is 1.90. The standard InChI is InChI=1S/C16H23NO3S/c1-20-12-6-7-13(15(18)19)14(10-12)17-11-16(21-2)8-4-3-5-9-16/h6-7,10,17H,3-5,8-9,11H2,1-2H3,(H,18,19). The molecular formula is C16H23NO3S. The number of benzene rings is 1. The van der Waals surface area contributed by atoms with Crippen LogP contribution in [0.2, 0.25) is 0 Å². The molecule has 0 unspecified atom stereocenters. The van der Waals surface area contributed by atoms with E-state index < -0.39 is 5.97 Å². The summed E-state index contributed by atoms with van der Waals surface area (Å²) in [6.45, 7) is 0.793. The minimum Gasteiger partial charge on any atom is -0.497 e. The third-order valence-corrected chi connectivity index (χ3v) is 5.67. The second-order valence-corrected chi connectivity index (χ2v) is 6.79. The molecule has 116 valence electrons. The van der Waals surface area contributed by atoms with Gasteiger partial charge in [0.1, 0.15) is 5.75 Å². The maximum absolute atomic E-state index is 11.3. The molecular weight excluding hydrogens is 286 g/mol. The number of hydrogen-bond donors (Lipinski definition) is 2.